The summed E-state index contributed by atoms with van der Waals surface area (Å²) < 4.78 is 41.5. The van der Waals surface area contributed by atoms with E-state index < -0.39 is 28.4 Å². The topological polar surface area (TPSA) is 111 Å². The number of ether oxygens (including phenoxy) is 3. The lowest BCUT2D eigenvalue weighted by molar-refractivity contribution is -0.116. The van der Waals surface area contributed by atoms with Crippen LogP contribution in [0.4, 0.5) is 5.69 Å². The highest BCUT2D eigenvalue weighted by molar-refractivity contribution is 7.89. The van der Waals surface area contributed by atoms with E-state index in [9.17, 15) is 18.0 Å². The number of hydrogen-bond acceptors (Lipinski definition) is 7. The third-order valence-electron chi connectivity index (χ3n) is 4.36. The van der Waals surface area contributed by atoms with Crippen molar-refractivity contribution in [2.45, 2.75) is 11.8 Å². The number of carbonyl (C=O) groups is 2. The number of methoxy groups -OCH3 is 3. The summed E-state index contributed by atoms with van der Waals surface area (Å²) in [5.74, 6) is -0.463. The molecular weight excluding hydrogens is 412 g/mol. The van der Waals surface area contributed by atoms with Gasteiger partial charge in [0.2, 0.25) is 15.9 Å². The molecule has 10 heteroatoms. The fourth-order valence-corrected chi connectivity index (χ4v) is 3.78. The molecule has 0 spiro atoms. The molecule has 2 aromatic rings. The maximum atomic E-state index is 12.8. The van der Waals surface area contributed by atoms with Crippen LogP contribution < -0.4 is 14.8 Å². The maximum Gasteiger partial charge on any atom is 0.337 e. The van der Waals surface area contributed by atoms with E-state index in [-0.39, 0.29) is 16.2 Å². The second-order valence-corrected chi connectivity index (χ2v) is 8.39. The van der Waals surface area contributed by atoms with Crippen molar-refractivity contribution in [3.05, 3.63) is 47.5 Å². The Labute approximate surface area is 175 Å². The smallest absolute Gasteiger partial charge is 0.337 e. The van der Waals surface area contributed by atoms with Crippen LogP contribution in [0.5, 0.6) is 11.5 Å². The molecule has 1 N–H and O–H groups in total. The van der Waals surface area contributed by atoms with Crippen LogP contribution in [0.3, 0.4) is 0 Å². The van der Waals surface area contributed by atoms with Gasteiger partial charge in [0.1, 0.15) is 0 Å². The number of amides is 1. The van der Waals surface area contributed by atoms with E-state index in [1.807, 2.05) is 0 Å². The summed E-state index contributed by atoms with van der Waals surface area (Å²) in [5, 5.41) is 2.63. The highest BCUT2D eigenvalue weighted by atomic mass is 32.2. The average Bonchev–Trinajstić information content (AvgIpc) is 2.73. The van der Waals surface area contributed by atoms with Crippen molar-refractivity contribution >= 4 is 27.6 Å². The first kappa shape index (κ1) is 23.2. The van der Waals surface area contributed by atoms with Gasteiger partial charge in [-0.1, -0.05) is 6.07 Å². The lowest BCUT2D eigenvalue weighted by Gasteiger charge is -2.18. The number of hydrogen-bond donors (Lipinski definition) is 1. The van der Waals surface area contributed by atoms with Gasteiger partial charge < -0.3 is 19.5 Å². The van der Waals surface area contributed by atoms with Crippen LogP contribution in [0.1, 0.15) is 15.9 Å². The van der Waals surface area contributed by atoms with Crippen LogP contribution in [0.2, 0.25) is 0 Å². The summed E-state index contributed by atoms with van der Waals surface area (Å²) in [4.78, 5) is 24.1. The van der Waals surface area contributed by atoms with Crippen LogP contribution in [-0.2, 0) is 19.6 Å². The fourth-order valence-electron chi connectivity index (χ4n) is 2.64. The lowest BCUT2D eigenvalue weighted by Crippen LogP contribution is -2.35. The Kier molecular flexibility index (Phi) is 7.41. The number of nitrogens with zero attached hydrogens (tertiary/aromatic N) is 1. The number of aryl methyl sites for hydroxylation is 1. The monoisotopic (exact) mass is 436 g/mol. The minimum atomic E-state index is -3.96. The van der Waals surface area contributed by atoms with Crippen molar-refractivity contribution in [2.75, 3.05) is 40.2 Å². The van der Waals surface area contributed by atoms with E-state index >= 15 is 0 Å². The Hall–Kier alpha value is -3.11. The summed E-state index contributed by atoms with van der Waals surface area (Å²) in [6.07, 6.45) is 0. The first-order valence-electron chi connectivity index (χ1n) is 8.81. The number of rotatable bonds is 8. The van der Waals surface area contributed by atoms with Crippen molar-refractivity contribution in [3.8, 4) is 11.5 Å². The van der Waals surface area contributed by atoms with Crippen LogP contribution in [0.15, 0.2) is 41.3 Å². The predicted octanol–water partition coefficient (Wildman–Crippen LogP) is 2.06. The molecule has 9 nitrogen and oxygen atoms in total. The van der Waals surface area contributed by atoms with Crippen molar-refractivity contribution in [1.29, 1.82) is 0 Å². The third-order valence-corrected chi connectivity index (χ3v) is 6.16. The molecule has 0 aliphatic heterocycles. The van der Waals surface area contributed by atoms with Gasteiger partial charge in [0.25, 0.3) is 0 Å². The minimum Gasteiger partial charge on any atom is -0.493 e. The second kappa shape index (κ2) is 9.59. The third kappa shape index (κ3) is 5.08. The molecule has 0 bridgehead atoms. The molecule has 2 aromatic carbocycles. The van der Waals surface area contributed by atoms with Gasteiger partial charge in [-0.15, -0.1) is 0 Å². The van der Waals surface area contributed by atoms with E-state index in [0.717, 1.165) is 4.31 Å². The minimum absolute atomic E-state index is 0.0423. The molecule has 0 aliphatic carbocycles. The molecule has 0 aromatic heterocycles. The molecule has 0 saturated heterocycles. The first-order valence-corrected chi connectivity index (χ1v) is 10.2. The zero-order valence-corrected chi connectivity index (χ0v) is 18.2. The van der Waals surface area contributed by atoms with Crippen molar-refractivity contribution in [3.63, 3.8) is 0 Å². The van der Waals surface area contributed by atoms with Gasteiger partial charge in [-0.3, -0.25) is 4.79 Å². The van der Waals surface area contributed by atoms with E-state index in [0.29, 0.717) is 17.0 Å². The number of carbonyl (C=O) groups excluding carboxylic acids is 2. The molecule has 0 saturated carbocycles. The number of nitrogens with one attached hydrogen (secondary N) is 1. The van der Waals surface area contributed by atoms with E-state index in [4.69, 9.17) is 9.47 Å². The van der Waals surface area contributed by atoms with Crippen molar-refractivity contribution in [1.82, 2.24) is 4.31 Å². The van der Waals surface area contributed by atoms with Crippen molar-refractivity contribution < 1.29 is 32.2 Å². The Morgan fingerprint density at radius 3 is 2.27 bits per heavy atom. The van der Waals surface area contributed by atoms with Crippen LogP contribution >= 0.6 is 0 Å². The number of esters is 1. The molecular formula is C20H24N2O7S. The number of anilines is 1. The highest BCUT2D eigenvalue weighted by Crippen LogP contribution is 2.30. The largest absolute Gasteiger partial charge is 0.493 e. The standard InChI is InChI=1S/C20H24N2O7S/c1-13-6-7-14(20(24)29-5)10-16(13)21-19(23)12-22(2)30(25,26)15-8-9-17(27-3)18(11-15)28-4/h6-11H,12H2,1-5H3,(H,21,23). The molecule has 0 unspecified atom stereocenters. The number of likely N-dealkylation sites (N-methyl/N-ethyl adjacent to an activating group) is 1. The lowest BCUT2D eigenvalue weighted by atomic mass is 10.1. The Bertz CT molecular complexity index is 1050. The van der Waals surface area contributed by atoms with E-state index in [2.05, 4.69) is 10.1 Å². The molecule has 0 atom stereocenters. The van der Waals surface area contributed by atoms with Crippen LogP contribution in [0, 0.1) is 6.92 Å². The maximum absolute atomic E-state index is 12.8. The highest BCUT2D eigenvalue weighted by Gasteiger charge is 2.25. The van der Waals surface area contributed by atoms with Gasteiger partial charge in [-0.2, -0.15) is 4.31 Å². The van der Waals surface area contributed by atoms with Gasteiger partial charge in [-0.25, -0.2) is 13.2 Å². The quantitative estimate of drug-likeness (QED) is 0.631. The van der Waals surface area contributed by atoms with E-state index in [1.165, 1.54) is 52.6 Å². The Morgan fingerprint density at radius 1 is 1.00 bits per heavy atom. The number of sulfonamides is 1. The molecule has 2 rings (SSSR count). The summed E-state index contributed by atoms with van der Waals surface area (Å²) in [6.45, 7) is 1.32. The van der Waals surface area contributed by atoms with Gasteiger partial charge in [0.15, 0.2) is 11.5 Å². The molecule has 162 valence electrons. The molecule has 0 aliphatic rings. The van der Waals surface area contributed by atoms with E-state index in [1.54, 1.807) is 19.1 Å². The average molecular weight is 436 g/mol. The summed E-state index contributed by atoms with van der Waals surface area (Å²) >= 11 is 0. The summed E-state index contributed by atoms with van der Waals surface area (Å²) in [5.41, 5.74) is 1.37. The zero-order chi connectivity index (χ0) is 22.5. The molecule has 1 amide bonds. The molecule has 30 heavy (non-hydrogen) atoms. The molecule has 0 fully saturated rings. The summed E-state index contributed by atoms with van der Waals surface area (Å²) in [6, 6.07) is 8.88. The van der Waals surface area contributed by atoms with Crippen LogP contribution in [0.25, 0.3) is 0 Å². The number of benzene rings is 2. The second-order valence-electron chi connectivity index (χ2n) is 6.35. The molecule has 0 heterocycles. The van der Waals surface area contributed by atoms with Crippen molar-refractivity contribution in [2.24, 2.45) is 0 Å². The SMILES string of the molecule is COC(=O)c1ccc(C)c(NC(=O)CN(C)S(=O)(=O)c2ccc(OC)c(OC)c2)c1. The zero-order valence-electron chi connectivity index (χ0n) is 17.4. The molecule has 0 radical (unpaired) electrons. The predicted molar refractivity (Wildman–Crippen MR) is 111 cm³/mol. The normalized spacial score (nSPS) is 11.1. The first-order chi connectivity index (χ1) is 14.1. The van der Waals surface area contributed by atoms with Crippen LogP contribution in [-0.4, -0.2) is 59.5 Å². The van der Waals surface area contributed by atoms with Gasteiger partial charge >= 0.3 is 5.97 Å². The fraction of sp³-hybridized carbons (Fsp3) is 0.300. The Morgan fingerprint density at radius 2 is 1.67 bits per heavy atom. The van der Waals surface area contributed by atoms with Gasteiger partial charge in [-0.05, 0) is 36.8 Å². The Balaban J connectivity index is 2.18. The summed E-state index contributed by atoms with van der Waals surface area (Å²) in [7, 11) is 1.44. The van der Waals surface area contributed by atoms with Gasteiger partial charge in [0, 0.05) is 18.8 Å². The van der Waals surface area contributed by atoms with Gasteiger partial charge in [0.05, 0.1) is 38.3 Å².